The molecule has 0 amide bonds. The van der Waals surface area contributed by atoms with Gasteiger partial charge in [-0.15, -0.1) is 12.4 Å². The van der Waals surface area contributed by atoms with Crippen LogP contribution in [0.1, 0.15) is 37.4 Å². The average Bonchev–Trinajstić information content (AvgIpc) is 3.00. The van der Waals surface area contributed by atoms with Crippen LogP contribution in [0.15, 0.2) is 23.0 Å². The molecule has 2 aromatic heterocycles. The molecule has 1 fully saturated rings. The molecule has 2 aromatic rings. The summed E-state index contributed by atoms with van der Waals surface area (Å²) in [6.07, 6.45) is 7.73. The molecule has 1 aliphatic rings. The lowest BCUT2D eigenvalue weighted by atomic mass is 9.99. The third-order valence-electron chi connectivity index (χ3n) is 3.27. The summed E-state index contributed by atoms with van der Waals surface area (Å²) in [6.45, 7) is 0.496. The minimum atomic E-state index is -0.383. The molecule has 0 spiro atoms. The predicted octanol–water partition coefficient (Wildman–Crippen LogP) is 1.46. The van der Waals surface area contributed by atoms with E-state index in [2.05, 4.69) is 15.2 Å². The SMILES string of the molecule is Cl.NC1(c2noc(Cn3cccn3)n2)CCCC1. The summed E-state index contributed by atoms with van der Waals surface area (Å²) < 4.78 is 6.96. The number of aromatic nitrogens is 4. The Balaban J connectivity index is 0.00000120. The molecule has 2 heterocycles. The fraction of sp³-hybridized carbons (Fsp3) is 0.545. The van der Waals surface area contributed by atoms with Crippen LogP contribution in [0.25, 0.3) is 0 Å². The van der Waals surface area contributed by atoms with Crippen molar-refractivity contribution in [3.8, 4) is 0 Å². The summed E-state index contributed by atoms with van der Waals surface area (Å²) in [5.41, 5.74) is 5.88. The second-order valence-corrected chi connectivity index (χ2v) is 4.58. The molecule has 3 rings (SSSR count). The van der Waals surface area contributed by atoms with Gasteiger partial charge in [0.1, 0.15) is 6.54 Å². The Hall–Kier alpha value is -1.40. The van der Waals surface area contributed by atoms with Gasteiger partial charge < -0.3 is 10.3 Å². The summed E-state index contributed by atoms with van der Waals surface area (Å²) in [4.78, 5) is 4.38. The molecule has 0 atom stereocenters. The highest BCUT2D eigenvalue weighted by Crippen LogP contribution is 2.34. The molecule has 0 unspecified atom stereocenters. The van der Waals surface area contributed by atoms with E-state index in [1.54, 1.807) is 10.9 Å². The topological polar surface area (TPSA) is 82.8 Å². The second-order valence-electron chi connectivity index (χ2n) is 4.58. The van der Waals surface area contributed by atoms with Crippen molar-refractivity contribution in [1.82, 2.24) is 19.9 Å². The van der Waals surface area contributed by atoms with E-state index in [1.165, 1.54) is 0 Å². The van der Waals surface area contributed by atoms with E-state index in [0.29, 0.717) is 18.3 Å². The van der Waals surface area contributed by atoms with E-state index < -0.39 is 0 Å². The van der Waals surface area contributed by atoms with Gasteiger partial charge in [0.25, 0.3) is 0 Å². The lowest BCUT2D eigenvalue weighted by Gasteiger charge is -2.17. The summed E-state index contributed by atoms with van der Waals surface area (Å²) in [5.74, 6) is 1.19. The van der Waals surface area contributed by atoms with E-state index in [9.17, 15) is 0 Å². The molecule has 0 saturated heterocycles. The number of nitrogens with two attached hydrogens (primary N) is 1. The molecule has 0 bridgehead atoms. The Morgan fingerprint density at radius 2 is 2.17 bits per heavy atom. The molecule has 1 saturated carbocycles. The normalized spacial score (nSPS) is 17.6. The summed E-state index contributed by atoms with van der Waals surface area (Å²) in [6, 6.07) is 1.86. The fourth-order valence-corrected chi connectivity index (χ4v) is 2.28. The fourth-order valence-electron chi connectivity index (χ4n) is 2.28. The van der Waals surface area contributed by atoms with Crippen LogP contribution >= 0.6 is 12.4 Å². The molecule has 6 nitrogen and oxygen atoms in total. The first-order valence-corrected chi connectivity index (χ1v) is 5.86. The molecule has 0 radical (unpaired) electrons. The maximum Gasteiger partial charge on any atom is 0.248 e. The molecular weight excluding hydrogens is 254 g/mol. The standard InChI is InChI=1S/C11H15N5O.ClH/c12-11(4-1-2-5-11)10-14-9(17-15-10)8-16-7-3-6-13-16;/h3,6-7H,1-2,4-5,8,12H2;1H. The molecule has 7 heteroatoms. The Kier molecular flexibility index (Phi) is 3.68. The van der Waals surface area contributed by atoms with Crippen LogP contribution in [0, 0.1) is 0 Å². The zero-order valence-corrected chi connectivity index (χ0v) is 10.8. The van der Waals surface area contributed by atoms with Crippen molar-refractivity contribution < 1.29 is 4.52 Å². The molecule has 0 aromatic carbocycles. The highest BCUT2D eigenvalue weighted by Gasteiger charge is 2.35. The van der Waals surface area contributed by atoms with Crippen LogP contribution < -0.4 is 5.73 Å². The Morgan fingerprint density at radius 3 is 2.83 bits per heavy atom. The quantitative estimate of drug-likeness (QED) is 0.912. The number of hydrogen-bond donors (Lipinski definition) is 1. The maximum atomic E-state index is 6.26. The number of hydrogen-bond acceptors (Lipinski definition) is 5. The van der Waals surface area contributed by atoms with Gasteiger partial charge in [-0.25, -0.2) is 0 Å². The molecule has 2 N–H and O–H groups in total. The van der Waals surface area contributed by atoms with Gasteiger partial charge in [-0.1, -0.05) is 18.0 Å². The van der Waals surface area contributed by atoms with Crippen molar-refractivity contribution in [3.63, 3.8) is 0 Å². The van der Waals surface area contributed by atoms with Gasteiger partial charge in [0, 0.05) is 12.4 Å². The molecule has 18 heavy (non-hydrogen) atoms. The zero-order chi connectivity index (χ0) is 11.7. The summed E-state index contributed by atoms with van der Waals surface area (Å²) in [5, 5.41) is 8.09. The Bertz CT molecular complexity index is 489. The van der Waals surface area contributed by atoms with Gasteiger partial charge in [-0.2, -0.15) is 10.1 Å². The maximum absolute atomic E-state index is 6.26. The third kappa shape index (κ3) is 2.39. The van der Waals surface area contributed by atoms with Gasteiger partial charge in [0.15, 0.2) is 5.82 Å². The zero-order valence-electron chi connectivity index (χ0n) is 9.95. The first-order valence-electron chi connectivity index (χ1n) is 5.86. The van der Waals surface area contributed by atoms with E-state index in [1.807, 2.05) is 12.3 Å². The average molecular weight is 270 g/mol. The van der Waals surface area contributed by atoms with Gasteiger partial charge in [-0.3, -0.25) is 4.68 Å². The largest absolute Gasteiger partial charge is 0.337 e. The first-order chi connectivity index (χ1) is 8.26. The number of nitrogens with zero attached hydrogens (tertiary/aromatic N) is 4. The molecule has 0 aliphatic heterocycles. The first kappa shape index (κ1) is 13.0. The van der Waals surface area contributed by atoms with E-state index >= 15 is 0 Å². The summed E-state index contributed by atoms with van der Waals surface area (Å²) >= 11 is 0. The van der Waals surface area contributed by atoms with Crippen molar-refractivity contribution >= 4 is 12.4 Å². The smallest absolute Gasteiger partial charge is 0.248 e. The van der Waals surface area contributed by atoms with Crippen molar-refractivity contribution in [2.75, 3.05) is 0 Å². The monoisotopic (exact) mass is 269 g/mol. The third-order valence-corrected chi connectivity index (χ3v) is 3.27. The van der Waals surface area contributed by atoms with Crippen molar-refractivity contribution in [3.05, 3.63) is 30.2 Å². The van der Waals surface area contributed by atoms with E-state index in [0.717, 1.165) is 25.7 Å². The Labute approximate surface area is 111 Å². The minimum Gasteiger partial charge on any atom is -0.337 e. The number of halogens is 1. The second kappa shape index (κ2) is 5.07. The van der Waals surface area contributed by atoms with Crippen LogP contribution in [0.3, 0.4) is 0 Å². The summed E-state index contributed by atoms with van der Waals surface area (Å²) in [7, 11) is 0. The van der Waals surface area contributed by atoms with Crippen molar-refractivity contribution in [1.29, 1.82) is 0 Å². The highest BCUT2D eigenvalue weighted by atomic mass is 35.5. The van der Waals surface area contributed by atoms with Gasteiger partial charge in [-0.05, 0) is 18.9 Å². The van der Waals surface area contributed by atoms with Gasteiger partial charge in [0.05, 0.1) is 5.54 Å². The van der Waals surface area contributed by atoms with Crippen molar-refractivity contribution in [2.45, 2.75) is 37.8 Å². The molecular formula is C11H16ClN5O. The Morgan fingerprint density at radius 1 is 1.39 bits per heavy atom. The van der Waals surface area contributed by atoms with Crippen LogP contribution in [0.5, 0.6) is 0 Å². The van der Waals surface area contributed by atoms with Gasteiger partial charge in [0.2, 0.25) is 5.89 Å². The lowest BCUT2D eigenvalue weighted by molar-refractivity contribution is 0.341. The lowest BCUT2D eigenvalue weighted by Crippen LogP contribution is -2.34. The molecule has 1 aliphatic carbocycles. The highest BCUT2D eigenvalue weighted by molar-refractivity contribution is 5.85. The van der Waals surface area contributed by atoms with E-state index in [-0.39, 0.29) is 17.9 Å². The minimum absolute atomic E-state index is 0. The number of rotatable bonds is 3. The van der Waals surface area contributed by atoms with Crippen LogP contribution in [-0.4, -0.2) is 19.9 Å². The van der Waals surface area contributed by atoms with E-state index in [4.69, 9.17) is 10.3 Å². The van der Waals surface area contributed by atoms with Crippen LogP contribution in [0.2, 0.25) is 0 Å². The van der Waals surface area contributed by atoms with Gasteiger partial charge >= 0.3 is 0 Å². The molecule has 98 valence electrons. The van der Waals surface area contributed by atoms with Crippen molar-refractivity contribution in [2.24, 2.45) is 5.73 Å². The van der Waals surface area contributed by atoms with Crippen LogP contribution in [0.4, 0.5) is 0 Å². The predicted molar refractivity (Wildman–Crippen MR) is 67.2 cm³/mol. The van der Waals surface area contributed by atoms with Crippen LogP contribution in [-0.2, 0) is 12.1 Å².